The second kappa shape index (κ2) is 7.72. The molecule has 0 bridgehead atoms. The summed E-state index contributed by atoms with van der Waals surface area (Å²) < 4.78 is 10.7. The molecule has 0 aliphatic heterocycles. The van der Waals surface area contributed by atoms with Crippen LogP contribution in [0.25, 0.3) is 0 Å². The number of hydrogen-bond acceptors (Lipinski definition) is 6. The van der Waals surface area contributed by atoms with Crippen molar-refractivity contribution >= 4 is 18.7 Å². The molecule has 1 heterocycles. The van der Waals surface area contributed by atoms with E-state index in [9.17, 15) is 14.9 Å². The largest absolute Gasteiger partial charge is 0.493 e. The van der Waals surface area contributed by atoms with Crippen molar-refractivity contribution in [3.63, 3.8) is 0 Å². The third-order valence-electron chi connectivity index (χ3n) is 3.83. The van der Waals surface area contributed by atoms with E-state index in [0.29, 0.717) is 11.2 Å². The average Bonchev–Trinajstić information content (AvgIpc) is 2.42. The lowest BCUT2D eigenvalue weighted by molar-refractivity contribution is -0.0982. The third kappa shape index (κ3) is 7.01. The van der Waals surface area contributed by atoms with Crippen LogP contribution in [0.1, 0.15) is 54.2 Å². The maximum absolute atomic E-state index is 11.6. The Morgan fingerprint density at radius 1 is 1.20 bits per heavy atom. The van der Waals surface area contributed by atoms with Crippen LogP contribution < -0.4 is 10.8 Å². The van der Waals surface area contributed by atoms with Crippen LogP contribution in [0, 0.1) is 0 Å². The summed E-state index contributed by atoms with van der Waals surface area (Å²) in [5.41, 5.74) is -1.57. The number of nitrogens with zero attached hydrogens (tertiary/aromatic N) is 1. The minimum absolute atomic E-state index is 0.210. The highest BCUT2D eigenvalue weighted by molar-refractivity contribution is 6.60. The minimum Gasteiger partial charge on any atom is -0.444 e. The molecule has 0 spiro atoms. The van der Waals surface area contributed by atoms with Gasteiger partial charge in [0.25, 0.3) is 0 Å². The standard InChI is InChI=1S/C17H29BN2O5/c1-15(2,3)24-14(21)20-11-13-9-8-12(10-19-13)18(23)25-17(6,7)16(4,5)22/h8-10,22-23H,11H2,1-7H3,(H,20,21). The van der Waals surface area contributed by atoms with E-state index in [2.05, 4.69) is 10.3 Å². The fraction of sp³-hybridized carbons (Fsp3) is 0.647. The van der Waals surface area contributed by atoms with Gasteiger partial charge < -0.3 is 24.8 Å². The number of amides is 1. The molecule has 0 saturated carbocycles. The highest BCUT2D eigenvalue weighted by Gasteiger charge is 2.39. The third-order valence-corrected chi connectivity index (χ3v) is 3.83. The zero-order valence-electron chi connectivity index (χ0n) is 16.1. The first-order valence-electron chi connectivity index (χ1n) is 8.21. The Bertz CT molecular complexity index is 576. The van der Waals surface area contributed by atoms with E-state index < -0.39 is 30.0 Å². The van der Waals surface area contributed by atoms with Crippen LogP contribution in [0.4, 0.5) is 4.79 Å². The molecular formula is C17H29BN2O5. The van der Waals surface area contributed by atoms with E-state index in [1.165, 1.54) is 6.20 Å². The summed E-state index contributed by atoms with van der Waals surface area (Å²) in [6, 6.07) is 3.33. The first kappa shape index (κ1) is 21.4. The first-order chi connectivity index (χ1) is 11.2. The van der Waals surface area contributed by atoms with Crippen LogP contribution in [0.3, 0.4) is 0 Å². The normalized spacial score (nSPS) is 12.7. The summed E-state index contributed by atoms with van der Waals surface area (Å²) in [4.78, 5) is 15.8. The van der Waals surface area contributed by atoms with Crippen molar-refractivity contribution in [2.24, 2.45) is 0 Å². The van der Waals surface area contributed by atoms with Gasteiger partial charge in [-0.05, 0) is 54.5 Å². The first-order valence-corrected chi connectivity index (χ1v) is 8.21. The van der Waals surface area contributed by atoms with E-state index in [1.807, 2.05) is 0 Å². The van der Waals surface area contributed by atoms with Gasteiger partial charge in [0.15, 0.2) is 0 Å². The van der Waals surface area contributed by atoms with Crippen LogP contribution in [0.2, 0.25) is 0 Å². The maximum Gasteiger partial charge on any atom is 0.493 e. The van der Waals surface area contributed by atoms with E-state index in [-0.39, 0.29) is 6.54 Å². The number of alkyl carbamates (subject to hydrolysis) is 1. The number of aliphatic hydroxyl groups is 1. The van der Waals surface area contributed by atoms with Gasteiger partial charge in [0.05, 0.1) is 23.4 Å². The van der Waals surface area contributed by atoms with Gasteiger partial charge >= 0.3 is 13.2 Å². The van der Waals surface area contributed by atoms with Gasteiger partial charge in [-0.15, -0.1) is 0 Å². The second-order valence-corrected chi connectivity index (χ2v) is 7.98. The maximum atomic E-state index is 11.6. The van der Waals surface area contributed by atoms with Gasteiger partial charge in [-0.25, -0.2) is 4.79 Å². The van der Waals surface area contributed by atoms with Gasteiger partial charge in [0, 0.05) is 11.7 Å². The molecule has 1 rings (SSSR count). The summed E-state index contributed by atoms with van der Waals surface area (Å²) in [5, 5.41) is 22.9. The Morgan fingerprint density at radius 2 is 1.80 bits per heavy atom. The number of nitrogens with one attached hydrogen (secondary N) is 1. The molecular weight excluding hydrogens is 323 g/mol. The van der Waals surface area contributed by atoms with Gasteiger partial charge in [0.2, 0.25) is 0 Å². The van der Waals surface area contributed by atoms with Crippen molar-refractivity contribution in [3.05, 3.63) is 24.0 Å². The van der Waals surface area contributed by atoms with E-state index in [4.69, 9.17) is 9.39 Å². The molecule has 0 aromatic carbocycles. The molecule has 0 saturated heterocycles. The van der Waals surface area contributed by atoms with Crippen molar-refractivity contribution in [1.82, 2.24) is 10.3 Å². The molecule has 0 atom stereocenters. The van der Waals surface area contributed by atoms with Crippen molar-refractivity contribution in [2.75, 3.05) is 0 Å². The fourth-order valence-electron chi connectivity index (χ4n) is 1.65. The van der Waals surface area contributed by atoms with Crippen molar-refractivity contribution in [3.8, 4) is 0 Å². The predicted octanol–water partition coefficient (Wildman–Crippen LogP) is 1.36. The van der Waals surface area contributed by atoms with Crippen LogP contribution >= 0.6 is 0 Å². The quantitative estimate of drug-likeness (QED) is 0.669. The van der Waals surface area contributed by atoms with E-state index in [1.54, 1.807) is 60.6 Å². The van der Waals surface area contributed by atoms with Crippen LogP contribution in [0.5, 0.6) is 0 Å². The molecule has 0 aliphatic rings. The molecule has 0 unspecified atom stereocenters. The topological polar surface area (TPSA) is 101 Å². The summed E-state index contributed by atoms with van der Waals surface area (Å²) in [7, 11) is -1.22. The molecule has 1 aromatic rings. The van der Waals surface area contributed by atoms with Crippen molar-refractivity contribution < 1.29 is 24.3 Å². The Hall–Kier alpha value is -1.64. The summed E-state index contributed by atoms with van der Waals surface area (Å²) in [6.07, 6.45) is 0.950. The molecule has 7 nitrogen and oxygen atoms in total. The Kier molecular flexibility index (Phi) is 6.61. The zero-order valence-corrected chi connectivity index (χ0v) is 16.1. The van der Waals surface area contributed by atoms with Crippen LogP contribution in [0.15, 0.2) is 18.3 Å². The zero-order chi connectivity index (χ0) is 19.5. The number of carbonyl (C=O) groups excluding carboxylic acids is 1. The predicted molar refractivity (Wildman–Crippen MR) is 96.4 cm³/mol. The number of pyridine rings is 1. The molecule has 0 fully saturated rings. The van der Waals surface area contributed by atoms with Gasteiger partial charge in [-0.3, -0.25) is 4.98 Å². The Balaban J connectivity index is 2.63. The Morgan fingerprint density at radius 3 is 2.24 bits per heavy atom. The Labute approximate surface area is 149 Å². The second-order valence-electron chi connectivity index (χ2n) is 7.98. The fourth-order valence-corrected chi connectivity index (χ4v) is 1.65. The smallest absolute Gasteiger partial charge is 0.444 e. The summed E-state index contributed by atoms with van der Waals surface area (Å²) >= 11 is 0. The number of aromatic nitrogens is 1. The van der Waals surface area contributed by atoms with Gasteiger partial charge in [0.1, 0.15) is 5.60 Å². The van der Waals surface area contributed by atoms with Crippen molar-refractivity contribution in [1.29, 1.82) is 0 Å². The summed E-state index contributed by atoms with van der Waals surface area (Å²) in [6.45, 7) is 12.2. The highest BCUT2D eigenvalue weighted by Crippen LogP contribution is 2.25. The molecule has 0 radical (unpaired) electrons. The molecule has 8 heteroatoms. The lowest BCUT2D eigenvalue weighted by atomic mass is 9.77. The lowest BCUT2D eigenvalue weighted by Crippen LogP contribution is -2.53. The number of rotatable bonds is 6. The van der Waals surface area contributed by atoms with E-state index >= 15 is 0 Å². The minimum atomic E-state index is -1.22. The monoisotopic (exact) mass is 352 g/mol. The molecule has 1 aromatic heterocycles. The van der Waals surface area contributed by atoms with Gasteiger partial charge in [-0.1, -0.05) is 6.07 Å². The SMILES string of the molecule is CC(C)(C)OC(=O)NCc1ccc(B(O)OC(C)(C)C(C)(C)O)cn1. The molecule has 0 aliphatic carbocycles. The average molecular weight is 352 g/mol. The molecule has 140 valence electrons. The van der Waals surface area contributed by atoms with Gasteiger partial charge in [-0.2, -0.15) is 0 Å². The summed E-state index contributed by atoms with van der Waals surface area (Å²) in [5.74, 6) is 0. The van der Waals surface area contributed by atoms with Crippen LogP contribution in [-0.2, 0) is 15.9 Å². The molecule has 25 heavy (non-hydrogen) atoms. The molecule has 1 amide bonds. The number of carbonyl (C=O) groups is 1. The molecule has 3 N–H and O–H groups in total. The van der Waals surface area contributed by atoms with Crippen LogP contribution in [-0.4, -0.2) is 45.1 Å². The number of ether oxygens (including phenoxy) is 1. The van der Waals surface area contributed by atoms with Crippen molar-refractivity contribution in [2.45, 2.75) is 71.8 Å². The van der Waals surface area contributed by atoms with E-state index in [0.717, 1.165) is 0 Å². The number of hydrogen-bond donors (Lipinski definition) is 3. The lowest BCUT2D eigenvalue weighted by Gasteiger charge is -2.38. The highest BCUT2D eigenvalue weighted by atomic mass is 16.6.